The second kappa shape index (κ2) is 7.28. The summed E-state index contributed by atoms with van der Waals surface area (Å²) >= 11 is 0. The average molecular weight is 285 g/mol. The van der Waals surface area contributed by atoms with Crippen LogP contribution in [0.4, 0.5) is 0 Å². The van der Waals surface area contributed by atoms with E-state index in [9.17, 15) is 4.79 Å². The summed E-state index contributed by atoms with van der Waals surface area (Å²) in [5, 5.41) is 8.82. The van der Waals surface area contributed by atoms with Gasteiger partial charge in [-0.3, -0.25) is 4.79 Å². The van der Waals surface area contributed by atoms with Crippen molar-refractivity contribution in [2.75, 3.05) is 20.2 Å². The molecular formula is C18H23NO2. The highest BCUT2D eigenvalue weighted by atomic mass is 16.2. The van der Waals surface area contributed by atoms with E-state index in [1.165, 1.54) is 19.3 Å². The van der Waals surface area contributed by atoms with Gasteiger partial charge in [0.2, 0.25) is 0 Å². The second-order valence-corrected chi connectivity index (χ2v) is 5.81. The number of nitrogens with zero attached hydrogens (tertiary/aromatic N) is 1. The van der Waals surface area contributed by atoms with E-state index in [0.717, 1.165) is 17.7 Å². The molecule has 0 spiro atoms. The summed E-state index contributed by atoms with van der Waals surface area (Å²) < 4.78 is 0. The fourth-order valence-electron chi connectivity index (χ4n) is 2.51. The molecule has 1 amide bonds. The molecule has 1 saturated carbocycles. The highest BCUT2D eigenvalue weighted by Gasteiger charge is 2.23. The van der Waals surface area contributed by atoms with E-state index >= 15 is 0 Å². The van der Waals surface area contributed by atoms with E-state index in [0.29, 0.717) is 17.9 Å². The van der Waals surface area contributed by atoms with Crippen LogP contribution in [0.3, 0.4) is 0 Å². The highest BCUT2D eigenvalue weighted by molar-refractivity contribution is 5.96. The molecule has 21 heavy (non-hydrogen) atoms. The molecule has 0 radical (unpaired) electrons. The van der Waals surface area contributed by atoms with Gasteiger partial charge in [0.1, 0.15) is 0 Å². The van der Waals surface area contributed by atoms with Crippen molar-refractivity contribution >= 4 is 5.91 Å². The highest BCUT2D eigenvalue weighted by Crippen LogP contribution is 2.27. The molecule has 1 aliphatic rings. The van der Waals surface area contributed by atoms with Gasteiger partial charge < -0.3 is 10.0 Å². The molecule has 1 aromatic carbocycles. The van der Waals surface area contributed by atoms with Crippen LogP contribution in [0.25, 0.3) is 0 Å². The number of aliphatic hydroxyl groups is 1. The molecular weight excluding hydrogens is 262 g/mol. The third-order valence-electron chi connectivity index (χ3n) is 3.97. The molecule has 0 aromatic heterocycles. The van der Waals surface area contributed by atoms with Crippen molar-refractivity contribution in [2.24, 2.45) is 5.92 Å². The molecule has 0 aliphatic heterocycles. The standard InChI is InChI=1S/C18H23NO2/c1-14-9-10-17(16(12-14)8-3-4-11-20)18(21)19(2)13-15-6-5-7-15/h9-10,12,15,20H,4-7,11,13H2,1-2H3. The van der Waals surface area contributed by atoms with Crippen LogP contribution in [0.15, 0.2) is 18.2 Å². The first-order chi connectivity index (χ1) is 10.1. The largest absolute Gasteiger partial charge is 0.395 e. The van der Waals surface area contributed by atoms with Gasteiger partial charge in [-0.1, -0.05) is 24.3 Å². The summed E-state index contributed by atoms with van der Waals surface area (Å²) in [6.07, 6.45) is 4.18. The Morgan fingerprint density at radius 1 is 1.43 bits per heavy atom. The molecule has 0 saturated heterocycles. The predicted molar refractivity (Wildman–Crippen MR) is 84.1 cm³/mol. The van der Waals surface area contributed by atoms with Crippen molar-refractivity contribution < 1.29 is 9.90 Å². The van der Waals surface area contributed by atoms with Crippen LogP contribution in [-0.4, -0.2) is 36.1 Å². The van der Waals surface area contributed by atoms with Crippen LogP contribution in [-0.2, 0) is 0 Å². The Balaban J connectivity index is 2.17. The molecule has 1 aromatic rings. The Bertz CT molecular complexity index is 564. The maximum Gasteiger partial charge on any atom is 0.254 e. The molecule has 1 aliphatic carbocycles. The molecule has 2 rings (SSSR count). The molecule has 0 bridgehead atoms. The predicted octanol–water partition coefficient (Wildman–Crippen LogP) is 2.60. The monoisotopic (exact) mass is 285 g/mol. The van der Waals surface area contributed by atoms with Crippen LogP contribution >= 0.6 is 0 Å². The van der Waals surface area contributed by atoms with Gasteiger partial charge in [0.25, 0.3) is 5.91 Å². The number of carbonyl (C=O) groups is 1. The van der Waals surface area contributed by atoms with Crippen molar-refractivity contribution in [3.8, 4) is 11.8 Å². The van der Waals surface area contributed by atoms with Crippen LogP contribution < -0.4 is 0 Å². The van der Waals surface area contributed by atoms with Gasteiger partial charge in [-0.05, 0) is 43.4 Å². The molecule has 3 nitrogen and oxygen atoms in total. The lowest BCUT2D eigenvalue weighted by atomic mass is 9.85. The fraction of sp³-hybridized carbons (Fsp3) is 0.500. The lowest BCUT2D eigenvalue weighted by molar-refractivity contribution is 0.0745. The third kappa shape index (κ3) is 4.09. The summed E-state index contributed by atoms with van der Waals surface area (Å²) in [6.45, 7) is 2.86. The van der Waals surface area contributed by atoms with Gasteiger partial charge >= 0.3 is 0 Å². The normalized spacial score (nSPS) is 14.0. The summed E-state index contributed by atoms with van der Waals surface area (Å²) in [5.41, 5.74) is 2.50. The summed E-state index contributed by atoms with van der Waals surface area (Å²) in [5.74, 6) is 6.62. The summed E-state index contributed by atoms with van der Waals surface area (Å²) in [7, 11) is 1.87. The third-order valence-corrected chi connectivity index (χ3v) is 3.97. The first kappa shape index (κ1) is 15.6. The minimum Gasteiger partial charge on any atom is -0.395 e. The van der Waals surface area contributed by atoms with Crippen molar-refractivity contribution in [3.63, 3.8) is 0 Å². The van der Waals surface area contributed by atoms with E-state index in [1.54, 1.807) is 0 Å². The SMILES string of the molecule is Cc1ccc(C(=O)N(C)CC2CCC2)c(C#CCCO)c1. The Kier molecular flexibility index (Phi) is 5.41. The van der Waals surface area contributed by atoms with E-state index in [4.69, 9.17) is 5.11 Å². The number of benzene rings is 1. The van der Waals surface area contributed by atoms with E-state index in [-0.39, 0.29) is 12.5 Å². The van der Waals surface area contributed by atoms with Gasteiger partial charge in [-0.25, -0.2) is 0 Å². The number of aliphatic hydroxyl groups excluding tert-OH is 1. The molecule has 1 fully saturated rings. The first-order valence-corrected chi connectivity index (χ1v) is 7.57. The molecule has 1 N–H and O–H groups in total. The van der Waals surface area contributed by atoms with Crippen LogP contribution in [0, 0.1) is 24.7 Å². The lowest BCUT2D eigenvalue weighted by Crippen LogP contribution is -2.34. The van der Waals surface area contributed by atoms with Crippen molar-refractivity contribution in [1.29, 1.82) is 0 Å². The quantitative estimate of drug-likeness (QED) is 0.864. The number of carbonyl (C=O) groups excluding carboxylic acids is 1. The Labute approximate surface area is 127 Å². The fourth-order valence-corrected chi connectivity index (χ4v) is 2.51. The average Bonchev–Trinajstić information content (AvgIpc) is 2.42. The van der Waals surface area contributed by atoms with E-state index < -0.39 is 0 Å². The first-order valence-electron chi connectivity index (χ1n) is 7.57. The summed E-state index contributed by atoms with van der Waals surface area (Å²) in [6, 6.07) is 5.74. The molecule has 112 valence electrons. The van der Waals surface area contributed by atoms with Gasteiger partial charge in [0.15, 0.2) is 0 Å². The minimum atomic E-state index is 0.0372. The van der Waals surface area contributed by atoms with Gasteiger partial charge in [0.05, 0.1) is 12.2 Å². The van der Waals surface area contributed by atoms with Gasteiger partial charge in [0, 0.05) is 25.6 Å². The lowest BCUT2D eigenvalue weighted by Gasteiger charge is -2.30. The van der Waals surface area contributed by atoms with Gasteiger partial charge in [-0.15, -0.1) is 0 Å². The van der Waals surface area contributed by atoms with Crippen LogP contribution in [0.1, 0.15) is 47.2 Å². The Hall–Kier alpha value is -1.79. The number of rotatable bonds is 4. The molecule has 0 heterocycles. The van der Waals surface area contributed by atoms with Gasteiger partial charge in [-0.2, -0.15) is 0 Å². The van der Waals surface area contributed by atoms with Crippen LogP contribution in [0.5, 0.6) is 0 Å². The van der Waals surface area contributed by atoms with E-state index in [1.807, 2.05) is 37.1 Å². The number of hydrogen-bond acceptors (Lipinski definition) is 2. The number of aryl methyl sites for hydroxylation is 1. The summed E-state index contributed by atoms with van der Waals surface area (Å²) in [4.78, 5) is 14.4. The minimum absolute atomic E-state index is 0.0372. The zero-order valence-corrected chi connectivity index (χ0v) is 12.9. The Morgan fingerprint density at radius 2 is 2.19 bits per heavy atom. The number of hydrogen-bond donors (Lipinski definition) is 1. The molecule has 0 unspecified atom stereocenters. The topological polar surface area (TPSA) is 40.5 Å². The molecule has 3 heteroatoms. The number of amides is 1. The van der Waals surface area contributed by atoms with Crippen LogP contribution in [0.2, 0.25) is 0 Å². The zero-order valence-electron chi connectivity index (χ0n) is 12.9. The second-order valence-electron chi connectivity index (χ2n) is 5.81. The maximum atomic E-state index is 12.6. The smallest absolute Gasteiger partial charge is 0.254 e. The maximum absolute atomic E-state index is 12.6. The Morgan fingerprint density at radius 3 is 2.81 bits per heavy atom. The van der Waals surface area contributed by atoms with E-state index in [2.05, 4.69) is 11.8 Å². The van der Waals surface area contributed by atoms with Crippen molar-refractivity contribution in [3.05, 3.63) is 34.9 Å². The molecule has 0 atom stereocenters. The zero-order chi connectivity index (χ0) is 15.2. The van der Waals surface area contributed by atoms with Crippen molar-refractivity contribution in [1.82, 2.24) is 4.90 Å². The van der Waals surface area contributed by atoms with Crippen molar-refractivity contribution in [2.45, 2.75) is 32.6 Å².